The number of hydrogen-bond donors (Lipinski definition) is 1. The summed E-state index contributed by atoms with van der Waals surface area (Å²) in [5, 5.41) is 2.54. The van der Waals surface area contributed by atoms with E-state index in [0.717, 1.165) is 5.56 Å². The summed E-state index contributed by atoms with van der Waals surface area (Å²) in [6.45, 7) is 5.65. The molecule has 5 heteroatoms. The van der Waals surface area contributed by atoms with Gasteiger partial charge in [-0.05, 0) is 32.4 Å². The fraction of sp³-hybridized carbons (Fsp3) is 0.538. The first-order valence-corrected chi connectivity index (χ1v) is 5.86. The zero-order valence-electron chi connectivity index (χ0n) is 11.0. The molecule has 0 saturated heterocycles. The number of Topliss-reactive ketones (excluding diaryl/α,β-unsaturated/α-hetero) is 1. The second kappa shape index (κ2) is 6.23. The molecule has 1 aromatic rings. The molecule has 18 heavy (non-hydrogen) atoms. The number of rotatable bonds is 5. The standard InChI is InChI=1S/C13H19NO4/c1-13(2,3)18-12(16)14-6-4-11(15)8-10-5-7-17-9-10/h5,7,9H,4,6,8H2,1-3H3,(H,14,16). The molecular formula is C13H19NO4. The SMILES string of the molecule is CC(C)(C)OC(=O)NCCC(=O)Cc1ccoc1. The molecule has 1 amide bonds. The van der Waals surface area contributed by atoms with Crippen LogP contribution in [0.4, 0.5) is 4.79 Å². The molecule has 0 aliphatic heterocycles. The van der Waals surface area contributed by atoms with Crippen LogP contribution in [0, 0.1) is 0 Å². The summed E-state index contributed by atoms with van der Waals surface area (Å²) in [6.07, 6.45) is 3.18. The summed E-state index contributed by atoms with van der Waals surface area (Å²) in [5.74, 6) is 0.0486. The maximum absolute atomic E-state index is 11.5. The minimum Gasteiger partial charge on any atom is -0.472 e. The van der Waals surface area contributed by atoms with Gasteiger partial charge in [0, 0.05) is 19.4 Å². The van der Waals surface area contributed by atoms with Crippen molar-refractivity contribution < 1.29 is 18.7 Å². The highest BCUT2D eigenvalue weighted by Gasteiger charge is 2.15. The molecule has 0 spiro atoms. The Balaban J connectivity index is 2.18. The average molecular weight is 253 g/mol. The van der Waals surface area contributed by atoms with E-state index >= 15 is 0 Å². The number of carbonyl (C=O) groups is 2. The van der Waals surface area contributed by atoms with Gasteiger partial charge in [-0.1, -0.05) is 0 Å². The predicted octanol–water partition coefficient (Wildman–Crippen LogP) is 2.31. The smallest absolute Gasteiger partial charge is 0.407 e. The Bertz CT molecular complexity index is 390. The summed E-state index contributed by atoms with van der Waals surface area (Å²) in [5.41, 5.74) is 0.322. The Morgan fingerprint density at radius 2 is 2.11 bits per heavy atom. The van der Waals surface area contributed by atoms with Gasteiger partial charge in [-0.2, -0.15) is 0 Å². The van der Waals surface area contributed by atoms with Gasteiger partial charge in [-0.25, -0.2) is 4.79 Å². The van der Waals surface area contributed by atoms with E-state index in [2.05, 4.69) is 5.32 Å². The molecule has 0 bridgehead atoms. The highest BCUT2D eigenvalue weighted by molar-refractivity contribution is 5.81. The fourth-order valence-corrected chi connectivity index (χ4v) is 1.33. The lowest BCUT2D eigenvalue weighted by Crippen LogP contribution is -2.33. The normalized spacial score (nSPS) is 11.1. The van der Waals surface area contributed by atoms with Crippen LogP contribution in [0.5, 0.6) is 0 Å². The first kappa shape index (κ1) is 14.3. The van der Waals surface area contributed by atoms with Crippen molar-refractivity contribution in [2.45, 2.75) is 39.2 Å². The van der Waals surface area contributed by atoms with Crippen molar-refractivity contribution in [1.29, 1.82) is 0 Å². The zero-order chi connectivity index (χ0) is 13.6. The zero-order valence-corrected chi connectivity index (χ0v) is 11.0. The van der Waals surface area contributed by atoms with Crippen molar-refractivity contribution in [3.05, 3.63) is 24.2 Å². The van der Waals surface area contributed by atoms with E-state index in [1.807, 2.05) is 0 Å². The van der Waals surface area contributed by atoms with Gasteiger partial charge < -0.3 is 14.5 Å². The highest BCUT2D eigenvalue weighted by Crippen LogP contribution is 2.06. The van der Waals surface area contributed by atoms with Crippen molar-refractivity contribution in [3.63, 3.8) is 0 Å². The van der Waals surface area contributed by atoms with E-state index in [0.29, 0.717) is 6.42 Å². The van der Waals surface area contributed by atoms with E-state index in [9.17, 15) is 9.59 Å². The Morgan fingerprint density at radius 1 is 1.39 bits per heavy atom. The van der Waals surface area contributed by atoms with Crippen LogP contribution in [0.15, 0.2) is 23.0 Å². The highest BCUT2D eigenvalue weighted by atomic mass is 16.6. The number of alkyl carbamates (subject to hydrolysis) is 1. The first-order chi connectivity index (χ1) is 8.37. The van der Waals surface area contributed by atoms with Gasteiger partial charge in [0.05, 0.1) is 12.5 Å². The summed E-state index contributed by atoms with van der Waals surface area (Å²) < 4.78 is 9.92. The molecule has 0 aliphatic carbocycles. The fourth-order valence-electron chi connectivity index (χ4n) is 1.33. The van der Waals surface area contributed by atoms with Crippen molar-refractivity contribution >= 4 is 11.9 Å². The van der Waals surface area contributed by atoms with Gasteiger partial charge in [-0.15, -0.1) is 0 Å². The van der Waals surface area contributed by atoms with E-state index in [-0.39, 0.29) is 18.7 Å². The molecule has 1 rings (SSSR count). The van der Waals surface area contributed by atoms with E-state index in [4.69, 9.17) is 9.15 Å². The molecule has 0 atom stereocenters. The number of ether oxygens (including phenoxy) is 1. The Kier molecular flexibility index (Phi) is 4.95. The molecule has 0 fully saturated rings. The number of amides is 1. The van der Waals surface area contributed by atoms with Crippen LogP contribution in [-0.2, 0) is 16.0 Å². The number of hydrogen-bond acceptors (Lipinski definition) is 4. The molecule has 0 aliphatic rings. The molecule has 0 unspecified atom stereocenters. The Morgan fingerprint density at radius 3 is 2.67 bits per heavy atom. The topological polar surface area (TPSA) is 68.5 Å². The van der Waals surface area contributed by atoms with Crippen LogP contribution >= 0.6 is 0 Å². The third-order valence-corrected chi connectivity index (χ3v) is 2.05. The van der Waals surface area contributed by atoms with Crippen LogP contribution < -0.4 is 5.32 Å². The van der Waals surface area contributed by atoms with Crippen LogP contribution in [-0.4, -0.2) is 24.0 Å². The quantitative estimate of drug-likeness (QED) is 0.874. The molecule has 0 aromatic carbocycles. The lowest BCUT2D eigenvalue weighted by molar-refractivity contribution is -0.118. The summed E-state index contributed by atoms with van der Waals surface area (Å²) >= 11 is 0. The van der Waals surface area contributed by atoms with Gasteiger partial charge in [0.2, 0.25) is 0 Å². The number of carbonyl (C=O) groups excluding carboxylic acids is 2. The molecule has 100 valence electrons. The van der Waals surface area contributed by atoms with Gasteiger partial charge in [0.15, 0.2) is 0 Å². The van der Waals surface area contributed by atoms with E-state index in [1.165, 1.54) is 6.26 Å². The molecule has 0 radical (unpaired) electrons. The van der Waals surface area contributed by atoms with Gasteiger partial charge in [0.1, 0.15) is 11.4 Å². The number of ketones is 1. The lowest BCUT2D eigenvalue weighted by atomic mass is 10.1. The van der Waals surface area contributed by atoms with Crippen molar-refractivity contribution in [1.82, 2.24) is 5.32 Å². The van der Waals surface area contributed by atoms with Crippen molar-refractivity contribution in [2.75, 3.05) is 6.54 Å². The third-order valence-electron chi connectivity index (χ3n) is 2.05. The molecule has 5 nitrogen and oxygen atoms in total. The second-order valence-electron chi connectivity index (χ2n) is 5.03. The van der Waals surface area contributed by atoms with Gasteiger partial charge >= 0.3 is 6.09 Å². The van der Waals surface area contributed by atoms with E-state index in [1.54, 1.807) is 33.1 Å². The van der Waals surface area contributed by atoms with Crippen LogP contribution in [0.3, 0.4) is 0 Å². The molecular weight excluding hydrogens is 234 g/mol. The minimum atomic E-state index is -0.523. The summed E-state index contributed by atoms with van der Waals surface area (Å²) in [6, 6.07) is 1.75. The summed E-state index contributed by atoms with van der Waals surface area (Å²) in [7, 11) is 0. The van der Waals surface area contributed by atoms with Crippen molar-refractivity contribution in [2.24, 2.45) is 0 Å². The summed E-state index contributed by atoms with van der Waals surface area (Å²) in [4.78, 5) is 22.8. The van der Waals surface area contributed by atoms with Crippen LogP contribution in [0.25, 0.3) is 0 Å². The predicted molar refractivity (Wildman–Crippen MR) is 66.3 cm³/mol. The third kappa shape index (κ3) is 6.08. The van der Waals surface area contributed by atoms with E-state index < -0.39 is 11.7 Å². The van der Waals surface area contributed by atoms with Crippen LogP contribution in [0.1, 0.15) is 32.8 Å². The molecule has 1 aromatic heterocycles. The lowest BCUT2D eigenvalue weighted by Gasteiger charge is -2.19. The minimum absolute atomic E-state index is 0.0486. The number of nitrogens with one attached hydrogen (secondary N) is 1. The van der Waals surface area contributed by atoms with Gasteiger partial charge in [-0.3, -0.25) is 4.79 Å². The molecule has 1 N–H and O–H groups in total. The Labute approximate surface area is 106 Å². The van der Waals surface area contributed by atoms with Crippen molar-refractivity contribution in [3.8, 4) is 0 Å². The average Bonchev–Trinajstić information content (AvgIpc) is 2.67. The first-order valence-electron chi connectivity index (χ1n) is 5.86. The largest absolute Gasteiger partial charge is 0.472 e. The monoisotopic (exact) mass is 253 g/mol. The second-order valence-corrected chi connectivity index (χ2v) is 5.03. The van der Waals surface area contributed by atoms with Crippen LogP contribution in [0.2, 0.25) is 0 Å². The number of furan rings is 1. The maximum atomic E-state index is 11.5. The maximum Gasteiger partial charge on any atom is 0.407 e. The van der Waals surface area contributed by atoms with Gasteiger partial charge in [0.25, 0.3) is 0 Å². The molecule has 1 heterocycles. The molecule has 0 saturated carbocycles. The Hall–Kier alpha value is -1.78.